The van der Waals surface area contributed by atoms with E-state index in [4.69, 9.17) is 17.3 Å². The van der Waals surface area contributed by atoms with Crippen LogP contribution in [0.25, 0.3) is 0 Å². The molecule has 0 fully saturated rings. The molecule has 0 saturated heterocycles. The normalized spacial score (nSPS) is 11.6. The summed E-state index contributed by atoms with van der Waals surface area (Å²) in [5, 5.41) is 3.85. The summed E-state index contributed by atoms with van der Waals surface area (Å²) < 4.78 is 24.3. The average molecular weight is 288 g/mol. The molecule has 0 unspecified atom stereocenters. The van der Waals surface area contributed by atoms with Crippen molar-refractivity contribution in [2.24, 2.45) is 0 Å². The first-order valence-electron chi connectivity index (χ1n) is 4.78. The highest BCUT2D eigenvalue weighted by molar-refractivity contribution is 7.90. The summed E-state index contributed by atoms with van der Waals surface area (Å²) in [4.78, 5) is 0.0883. The first-order valence-corrected chi connectivity index (χ1v) is 7.75. The minimum absolute atomic E-state index is 0.0559. The maximum atomic E-state index is 12.1. The Hall–Kier alpha value is -1.04. The van der Waals surface area contributed by atoms with Gasteiger partial charge in [0.2, 0.25) is 0 Å². The summed E-state index contributed by atoms with van der Waals surface area (Å²) in [6.45, 7) is 0. The Morgan fingerprint density at radius 2 is 2.06 bits per heavy atom. The molecule has 1 aromatic heterocycles. The minimum atomic E-state index is -3.44. The average Bonchev–Trinajstić information content (AvgIpc) is 2.73. The summed E-state index contributed by atoms with van der Waals surface area (Å²) >= 11 is 7.35. The number of anilines is 1. The van der Waals surface area contributed by atoms with Crippen molar-refractivity contribution in [3.63, 3.8) is 0 Å². The quantitative estimate of drug-likeness (QED) is 0.883. The highest BCUT2D eigenvalue weighted by Gasteiger charge is 2.19. The zero-order chi connectivity index (χ0) is 12.5. The number of nitrogens with two attached hydrogens (primary N) is 1. The summed E-state index contributed by atoms with van der Waals surface area (Å²) in [5.41, 5.74) is 6.72. The lowest BCUT2D eigenvalue weighted by atomic mass is 10.3. The minimum Gasteiger partial charge on any atom is -0.399 e. The summed E-state index contributed by atoms with van der Waals surface area (Å²) in [6.07, 6.45) is 0. The molecule has 0 aliphatic carbocycles. The Morgan fingerprint density at radius 1 is 1.29 bits per heavy atom. The molecule has 0 aliphatic heterocycles. The second-order valence-corrected chi connectivity index (χ2v) is 6.73. The van der Waals surface area contributed by atoms with E-state index in [2.05, 4.69) is 0 Å². The van der Waals surface area contributed by atoms with E-state index in [1.807, 2.05) is 5.38 Å². The first-order chi connectivity index (χ1) is 7.99. The van der Waals surface area contributed by atoms with Gasteiger partial charge in [0.05, 0.1) is 15.7 Å². The maximum absolute atomic E-state index is 12.1. The standard InChI is InChI=1S/C11H10ClNO2S2/c12-10-2-1-9(13)5-11(10)17(14,15)7-8-3-4-16-6-8/h1-6H,7,13H2. The van der Waals surface area contributed by atoms with Crippen molar-refractivity contribution in [2.45, 2.75) is 10.6 Å². The van der Waals surface area contributed by atoms with E-state index >= 15 is 0 Å². The topological polar surface area (TPSA) is 60.2 Å². The van der Waals surface area contributed by atoms with Crippen LogP contribution in [-0.2, 0) is 15.6 Å². The molecule has 2 aromatic rings. The Morgan fingerprint density at radius 3 is 2.71 bits per heavy atom. The molecule has 0 atom stereocenters. The van der Waals surface area contributed by atoms with Crippen molar-refractivity contribution < 1.29 is 8.42 Å². The highest BCUT2D eigenvalue weighted by Crippen LogP contribution is 2.27. The number of halogens is 1. The molecule has 1 aromatic carbocycles. The molecule has 90 valence electrons. The molecule has 17 heavy (non-hydrogen) atoms. The molecule has 2 N–H and O–H groups in total. The second kappa shape index (κ2) is 4.68. The predicted octanol–water partition coefficient (Wildman–Crippen LogP) is 2.96. The summed E-state index contributed by atoms with van der Waals surface area (Å²) in [5.74, 6) is -0.0559. The van der Waals surface area contributed by atoms with Gasteiger partial charge in [0.15, 0.2) is 9.84 Å². The number of hydrogen-bond donors (Lipinski definition) is 1. The van der Waals surface area contributed by atoms with Crippen LogP contribution in [0.3, 0.4) is 0 Å². The van der Waals surface area contributed by atoms with Gasteiger partial charge in [0.25, 0.3) is 0 Å². The number of sulfone groups is 1. The van der Waals surface area contributed by atoms with Crippen molar-refractivity contribution in [1.29, 1.82) is 0 Å². The molecular weight excluding hydrogens is 278 g/mol. The lowest BCUT2D eigenvalue weighted by Crippen LogP contribution is -2.05. The van der Waals surface area contributed by atoms with Gasteiger partial charge in [0, 0.05) is 5.69 Å². The third-order valence-corrected chi connectivity index (χ3v) is 5.12. The van der Waals surface area contributed by atoms with Crippen LogP contribution in [0.2, 0.25) is 5.02 Å². The molecule has 3 nitrogen and oxygen atoms in total. The molecule has 1 heterocycles. The Bertz CT molecular complexity index is 621. The van der Waals surface area contributed by atoms with Gasteiger partial charge < -0.3 is 5.73 Å². The van der Waals surface area contributed by atoms with Crippen LogP contribution < -0.4 is 5.73 Å². The van der Waals surface area contributed by atoms with Crippen molar-refractivity contribution in [3.05, 3.63) is 45.6 Å². The van der Waals surface area contributed by atoms with Crippen LogP contribution in [0.5, 0.6) is 0 Å². The third-order valence-electron chi connectivity index (χ3n) is 2.23. The fraction of sp³-hybridized carbons (Fsp3) is 0.0909. The van der Waals surface area contributed by atoms with Gasteiger partial charge in [-0.3, -0.25) is 0 Å². The first kappa shape index (κ1) is 12.4. The molecule has 6 heteroatoms. The van der Waals surface area contributed by atoms with Crippen LogP contribution in [0.15, 0.2) is 39.9 Å². The van der Waals surface area contributed by atoms with E-state index in [1.54, 1.807) is 17.5 Å². The van der Waals surface area contributed by atoms with Gasteiger partial charge in [0.1, 0.15) is 0 Å². The zero-order valence-corrected chi connectivity index (χ0v) is 11.1. The lowest BCUT2D eigenvalue weighted by Gasteiger charge is -2.06. The Kier molecular flexibility index (Phi) is 3.42. The van der Waals surface area contributed by atoms with Crippen LogP contribution >= 0.6 is 22.9 Å². The van der Waals surface area contributed by atoms with E-state index in [0.29, 0.717) is 5.69 Å². The molecular formula is C11H10ClNO2S2. The van der Waals surface area contributed by atoms with E-state index in [9.17, 15) is 8.42 Å². The van der Waals surface area contributed by atoms with Crippen molar-refractivity contribution >= 4 is 38.5 Å². The molecule has 0 amide bonds. The molecule has 2 rings (SSSR count). The second-order valence-electron chi connectivity index (χ2n) is 3.58. The van der Waals surface area contributed by atoms with Gasteiger partial charge in [-0.25, -0.2) is 8.42 Å². The monoisotopic (exact) mass is 287 g/mol. The number of nitrogen functional groups attached to an aromatic ring is 1. The van der Waals surface area contributed by atoms with E-state index in [1.165, 1.54) is 23.5 Å². The van der Waals surface area contributed by atoms with Gasteiger partial charge in [-0.2, -0.15) is 11.3 Å². The number of hydrogen-bond acceptors (Lipinski definition) is 4. The van der Waals surface area contributed by atoms with Gasteiger partial charge in [-0.1, -0.05) is 11.6 Å². The predicted molar refractivity (Wildman–Crippen MR) is 71.1 cm³/mol. The van der Waals surface area contributed by atoms with Crippen molar-refractivity contribution in [3.8, 4) is 0 Å². The van der Waals surface area contributed by atoms with Gasteiger partial charge in [-0.15, -0.1) is 0 Å². The number of rotatable bonds is 3. The highest BCUT2D eigenvalue weighted by atomic mass is 35.5. The summed E-state index contributed by atoms with van der Waals surface area (Å²) in [7, 11) is -3.44. The van der Waals surface area contributed by atoms with Crippen LogP contribution in [0.1, 0.15) is 5.56 Å². The Labute approximate surface area is 109 Å². The maximum Gasteiger partial charge on any atom is 0.184 e. The van der Waals surface area contributed by atoms with Gasteiger partial charge >= 0.3 is 0 Å². The molecule has 0 radical (unpaired) electrons. The van der Waals surface area contributed by atoms with E-state index in [-0.39, 0.29) is 15.7 Å². The lowest BCUT2D eigenvalue weighted by molar-refractivity contribution is 0.595. The van der Waals surface area contributed by atoms with E-state index in [0.717, 1.165) is 5.56 Å². The third kappa shape index (κ3) is 2.80. The van der Waals surface area contributed by atoms with Crippen LogP contribution in [0, 0.1) is 0 Å². The van der Waals surface area contributed by atoms with E-state index < -0.39 is 9.84 Å². The smallest absolute Gasteiger partial charge is 0.184 e. The Balaban J connectivity index is 2.41. The molecule has 0 saturated carbocycles. The largest absolute Gasteiger partial charge is 0.399 e. The van der Waals surface area contributed by atoms with Crippen molar-refractivity contribution in [1.82, 2.24) is 0 Å². The van der Waals surface area contributed by atoms with Gasteiger partial charge in [-0.05, 0) is 40.6 Å². The number of thiophene rings is 1. The molecule has 0 spiro atoms. The SMILES string of the molecule is Nc1ccc(Cl)c(S(=O)(=O)Cc2ccsc2)c1. The zero-order valence-electron chi connectivity index (χ0n) is 8.76. The van der Waals surface area contributed by atoms with Crippen LogP contribution in [0.4, 0.5) is 5.69 Å². The van der Waals surface area contributed by atoms with Crippen LogP contribution in [-0.4, -0.2) is 8.42 Å². The fourth-order valence-electron chi connectivity index (χ4n) is 1.43. The molecule has 0 bridgehead atoms. The summed E-state index contributed by atoms with van der Waals surface area (Å²) in [6, 6.07) is 6.25. The van der Waals surface area contributed by atoms with Crippen molar-refractivity contribution in [2.75, 3.05) is 5.73 Å². The number of benzene rings is 1. The fourth-order valence-corrected chi connectivity index (χ4v) is 4.13. The molecule has 0 aliphatic rings.